The van der Waals surface area contributed by atoms with Gasteiger partial charge in [0.05, 0.1) is 6.04 Å². The Morgan fingerprint density at radius 2 is 1.68 bits per heavy atom. The molecule has 3 heteroatoms. The predicted molar refractivity (Wildman–Crippen MR) is 127 cm³/mol. The standard InChI is InChI=1S/C28H26N2O/c1-19-28(2,3)24-18-22(14-15-25(24)29(19)4)26-23-13-9-8-10-20(23)16-17-30(26)27(31)21-11-6-5-7-12-21/h5-18,26H,1H2,2-4H3. The lowest BCUT2D eigenvalue weighted by Gasteiger charge is -2.34. The van der Waals surface area contributed by atoms with Gasteiger partial charge in [0.1, 0.15) is 0 Å². The second-order valence-electron chi connectivity index (χ2n) is 8.83. The van der Waals surface area contributed by atoms with Gasteiger partial charge in [0, 0.05) is 35.6 Å². The Labute approximate surface area is 183 Å². The van der Waals surface area contributed by atoms with Gasteiger partial charge in [-0.3, -0.25) is 4.79 Å². The SMILES string of the molecule is C=C1N(C)c2ccc(C3c4ccccc4C=CN3C(=O)c3ccccc3)cc2C1(C)C. The second-order valence-corrected chi connectivity index (χ2v) is 8.83. The Hall–Kier alpha value is -3.59. The highest BCUT2D eigenvalue weighted by molar-refractivity contribution is 5.96. The number of benzene rings is 3. The van der Waals surface area contributed by atoms with Gasteiger partial charge in [-0.1, -0.05) is 75.0 Å². The fourth-order valence-electron chi connectivity index (χ4n) is 4.80. The molecule has 31 heavy (non-hydrogen) atoms. The lowest BCUT2D eigenvalue weighted by atomic mass is 9.82. The zero-order chi connectivity index (χ0) is 21.8. The van der Waals surface area contributed by atoms with E-state index < -0.39 is 0 Å². The molecule has 3 aromatic carbocycles. The zero-order valence-corrected chi connectivity index (χ0v) is 18.2. The van der Waals surface area contributed by atoms with Crippen molar-refractivity contribution in [3.63, 3.8) is 0 Å². The molecule has 3 aromatic rings. The number of hydrogen-bond donors (Lipinski definition) is 0. The number of carbonyl (C=O) groups is 1. The first-order valence-electron chi connectivity index (χ1n) is 10.6. The van der Waals surface area contributed by atoms with Crippen molar-refractivity contribution >= 4 is 17.7 Å². The van der Waals surface area contributed by atoms with Crippen molar-refractivity contribution in [2.45, 2.75) is 25.3 Å². The molecule has 0 aliphatic carbocycles. The van der Waals surface area contributed by atoms with Gasteiger partial charge in [-0.05, 0) is 46.5 Å². The molecule has 0 aromatic heterocycles. The minimum Gasteiger partial charge on any atom is -0.348 e. The van der Waals surface area contributed by atoms with Gasteiger partial charge in [-0.25, -0.2) is 0 Å². The van der Waals surface area contributed by atoms with Crippen LogP contribution in [0.4, 0.5) is 5.69 Å². The number of rotatable bonds is 2. The fourth-order valence-corrected chi connectivity index (χ4v) is 4.80. The number of carbonyl (C=O) groups excluding carboxylic acids is 1. The summed E-state index contributed by atoms with van der Waals surface area (Å²) in [7, 11) is 2.07. The molecule has 0 bridgehead atoms. The molecule has 2 aliphatic heterocycles. The molecule has 0 fully saturated rings. The van der Waals surface area contributed by atoms with E-state index in [4.69, 9.17) is 0 Å². The monoisotopic (exact) mass is 406 g/mol. The van der Waals surface area contributed by atoms with Crippen LogP contribution < -0.4 is 4.90 Å². The summed E-state index contributed by atoms with van der Waals surface area (Å²) in [5.41, 5.74) is 7.43. The topological polar surface area (TPSA) is 23.6 Å². The van der Waals surface area contributed by atoms with Crippen LogP contribution in [0.15, 0.2) is 91.3 Å². The number of fused-ring (bicyclic) bond motifs is 2. The number of anilines is 1. The summed E-state index contributed by atoms with van der Waals surface area (Å²) in [5.74, 6) is -0.00219. The number of amides is 1. The molecule has 0 saturated carbocycles. The van der Waals surface area contributed by atoms with E-state index in [1.807, 2.05) is 59.6 Å². The van der Waals surface area contributed by atoms with Crippen LogP contribution in [-0.2, 0) is 5.41 Å². The smallest absolute Gasteiger partial charge is 0.258 e. The lowest BCUT2D eigenvalue weighted by molar-refractivity contribution is 0.0787. The zero-order valence-electron chi connectivity index (χ0n) is 18.2. The Kier molecular flexibility index (Phi) is 4.37. The molecule has 0 N–H and O–H groups in total. The summed E-state index contributed by atoms with van der Waals surface area (Å²) in [6.07, 6.45) is 3.95. The Morgan fingerprint density at radius 3 is 2.45 bits per heavy atom. The van der Waals surface area contributed by atoms with Crippen molar-refractivity contribution in [2.75, 3.05) is 11.9 Å². The van der Waals surface area contributed by atoms with Gasteiger partial charge in [0.25, 0.3) is 5.91 Å². The lowest BCUT2D eigenvalue weighted by Crippen LogP contribution is -2.33. The highest BCUT2D eigenvalue weighted by Crippen LogP contribution is 2.48. The Morgan fingerprint density at radius 1 is 0.968 bits per heavy atom. The summed E-state index contributed by atoms with van der Waals surface area (Å²) in [6.45, 7) is 8.74. The van der Waals surface area contributed by atoms with E-state index in [-0.39, 0.29) is 17.4 Å². The Bertz CT molecular complexity index is 1220. The Balaban J connectivity index is 1.66. The van der Waals surface area contributed by atoms with Crippen LogP contribution in [0, 0.1) is 0 Å². The van der Waals surface area contributed by atoms with E-state index in [1.165, 1.54) is 11.3 Å². The molecular weight excluding hydrogens is 380 g/mol. The van der Waals surface area contributed by atoms with Gasteiger partial charge in [-0.15, -0.1) is 0 Å². The van der Waals surface area contributed by atoms with Crippen molar-refractivity contribution in [1.29, 1.82) is 0 Å². The van der Waals surface area contributed by atoms with Crippen LogP contribution in [0.3, 0.4) is 0 Å². The van der Waals surface area contributed by atoms with Crippen molar-refractivity contribution in [3.05, 3.63) is 119 Å². The van der Waals surface area contributed by atoms with Crippen molar-refractivity contribution in [3.8, 4) is 0 Å². The summed E-state index contributed by atoms with van der Waals surface area (Å²) in [4.78, 5) is 17.5. The summed E-state index contributed by atoms with van der Waals surface area (Å²) >= 11 is 0. The summed E-state index contributed by atoms with van der Waals surface area (Å²) in [5, 5.41) is 0. The highest BCUT2D eigenvalue weighted by Gasteiger charge is 2.39. The van der Waals surface area contributed by atoms with E-state index in [0.717, 1.165) is 22.4 Å². The normalized spacial score (nSPS) is 18.7. The largest absolute Gasteiger partial charge is 0.348 e. The van der Waals surface area contributed by atoms with Crippen LogP contribution in [0.25, 0.3) is 6.08 Å². The molecule has 5 rings (SSSR count). The number of nitrogens with zero attached hydrogens (tertiary/aromatic N) is 2. The van der Waals surface area contributed by atoms with E-state index in [0.29, 0.717) is 5.56 Å². The predicted octanol–water partition coefficient (Wildman–Crippen LogP) is 6.14. The van der Waals surface area contributed by atoms with Crippen LogP contribution in [0.2, 0.25) is 0 Å². The average Bonchev–Trinajstić information content (AvgIpc) is 2.98. The summed E-state index contributed by atoms with van der Waals surface area (Å²) < 4.78 is 0. The third kappa shape index (κ3) is 2.92. The van der Waals surface area contributed by atoms with E-state index in [2.05, 4.69) is 62.7 Å². The minimum atomic E-state index is -0.186. The van der Waals surface area contributed by atoms with Gasteiger partial charge >= 0.3 is 0 Å². The molecule has 0 spiro atoms. The van der Waals surface area contributed by atoms with Gasteiger partial charge in [0.2, 0.25) is 0 Å². The molecule has 154 valence electrons. The maximum Gasteiger partial charge on any atom is 0.258 e. The number of allylic oxidation sites excluding steroid dienone is 1. The molecular formula is C28H26N2O. The highest BCUT2D eigenvalue weighted by atomic mass is 16.2. The quantitative estimate of drug-likeness (QED) is 0.510. The number of likely N-dealkylation sites (N-methyl/N-ethyl adjacent to an activating group) is 1. The van der Waals surface area contributed by atoms with Gasteiger partial charge < -0.3 is 9.80 Å². The molecule has 2 heterocycles. The summed E-state index contributed by atoms with van der Waals surface area (Å²) in [6, 6.07) is 24.2. The number of hydrogen-bond acceptors (Lipinski definition) is 2. The minimum absolute atomic E-state index is 0.00219. The van der Waals surface area contributed by atoms with E-state index in [9.17, 15) is 4.79 Å². The van der Waals surface area contributed by atoms with Crippen LogP contribution in [0.5, 0.6) is 0 Å². The maximum atomic E-state index is 13.5. The molecule has 0 radical (unpaired) electrons. The molecule has 1 amide bonds. The van der Waals surface area contributed by atoms with Crippen LogP contribution in [0.1, 0.15) is 52.5 Å². The maximum absolute atomic E-state index is 13.5. The van der Waals surface area contributed by atoms with Crippen LogP contribution >= 0.6 is 0 Å². The second kappa shape index (κ2) is 6.98. The first-order valence-corrected chi connectivity index (χ1v) is 10.6. The third-order valence-electron chi connectivity index (χ3n) is 6.74. The third-order valence-corrected chi connectivity index (χ3v) is 6.74. The van der Waals surface area contributed by atoms with E-state index >= 15 is 0 Å². The fraction of sp³-hybridized carbons (Fsp3) is 0.179. The van der Waals surface area contributed by atoms with E-state index in [1.54, 1.807) is 0 Å². The molecule has 1 unspecified atom stereocenters. The van der Waals surface area contributed by atoms with Crippen molar-refractivity contribution in [1.82, 2.24) is 4.90 Å². The van der Waals surface area contributed by atoms with Gasteiger partial charge in [-0.2, -0.15) is 0 Å². The first kappa shape index (κ1) is 19.4. The van der Waals surface area contributed by atoms with Crippen molar-refractivity contribution < 1.29 is 4.79 Å². The van der Waals surface area contributed by atoms with Crippen molar-refractivity contribution in [2.24, 2.45) is 0 Å². The molecule has 2 aliphatic rings. The van der Waals surface area contributed by atoms with Gasteiger partial charge in [0.15, 0.2) is 0 Å². The molecule has 3 nitrogen and oxygen atoms in total. The van der Waals surface area contributed by atoms with Crippen LogP contribution in [-0.4, -0.2) is 17.9 Å². The molecule has 1 atom stereocenters. The first-order chi connectivity index (χ1) is 14.9. The average molecular weight is 407 g/mol. The molecule has 0 saturated heterocycles.